The fourth-order valence-electron chi connectivity index (χ4n) is 1.78. The Morgan fingerprint density at radius 3 is 1.41 bits per heavy atom. The summed E-state index contributed by atoms with van der Waals surface area (Å²) in [5.41, 5.74) is 14.2. The Kier molecular flexibility index (Phi) is 5.15. The summed E-state index contributed by atoms with van der Waals surface area (Å²) in [4.78, 5) is 24.3. The van der Waals surface area contributed by atoms with Gasteiger partial charge in [-0.25, -0.2) is 0 Å². The number of ketones is 2. The molecule has 0 aliphatic carbocycles. The van der Waals surface area contributed by atoms with Crippen LogP contribution in [0.4, 0.5) is 11.4 Å². The zero-order chi connectivity index (χ0) is 16.3. The highest BCUT2D eigenvalue weighted by atomic mass is 33.1. The summed E-state index contributed by atoms with van der Waals surface area (Å²) in [6.07, 6.45) is 0. The maximum atomic E-state index is 11.3. The minimum absolute atomic E-state index is 0.0139. The van der Waals surface area contributed by atoms with Crippen molar-refractivity contribution in [1.82, 2.24) is 0 Å². The SMILES string of the molecule is CC(=O)c1ccc(SSc2ccc(C(C)=O)cc2N)c(N)c1. The molecule has 0 saturated heterocycles. The molecule has 0 aliphatic heterocycles. The van der Waals surface area contributed by atoms with Crippen molar-refractivity contribution in [2.45, 2.75) is 23.6 Å². The molecule has 2 rings (SSSR count). The van der Waals surface area contributed by atoms with Crippen molar-refractivity contribution >= 4 is 44.5 Å². The number of Topliss-reactive ketones (excluding diaryl/α,β-unsaturated/α-hetero) is 2. The summed E-state index contributed by atoms with van der Waals surface area (Å²) in [5, 5.41) is 0. The Bertz CT molecular complexity index is 681. The second-order valence-corrected chi connectivity index (χ2v) is 7.00. The monoisotopic (exact) mass is 332 g/mol. The normalized spacial score (nSPS) is 10.5. The van der Waals surface area contributed by atoms with Gasteiger partial charge in [-0.05, 0) is 38.1 Å². The molecule has 0 heterocycles. The van der Waals surface area contributed by atoms with Crippen LogP contribution in [0.25, 0.3) is 0 Å². The first-order valence-electron chi connectivity index (χ1n) is 6.54. The van der Waals surface area contributed by atoms with Crippen LogP contribution in [0.15, 0.2) is 46.2 Å². The third-order valence-electron chi connectivity index (χ3n) is 3.05. The molecule has 0 fully saturated rings. The number of hydrogen-bond donors (Lipinski definition) is 2. The van der Waals surface area contributed by atoms with Crippen LogP contribution < -0.4 is 11.5 Å². The molecule has 2 aromatic carbocycles. The predicted molar refractivity (Wildman–Crippen MR) is 93.4 cm³/mol. The van der Waals surface area contributed by atoms with Gasteiger partial charge in [0.1, 0.15) is 0 Å². The summed E-state index contributed by atoms with van der Waals surface area (Å²) in [6, 6.07) is 10.5. The van der Waals surface area contributed by atoms with Crippen LogP contribution in [0.2, 0.25) is 0 Å². The lowest BCUT2D eigenvalue weighted by Crippen LogP contribution is -1.96. The Hall–Kier alpha value is -1.92. The number of benzene rings is 2. The summed E-state index contributed by atoms with van der Waals surface area (Å²) in [5.74, 6) is -0.0278. The van der Waals surface area contributed by atoms with E-state index in [4.69, 9.17) is 11.5 Å². The third-order valence-corrected chi connectivity index (χ3v) is 5.57. The molecule has 0 bridgehead atoms. The van der Waals surface area contributed by atoms with Crippen LogP contribution in [0.5, 0.6) is 0 Å². The summed E-state index contributed by atoms with van der Waals surface area (Å²) < 4.78 is 0. The van der Waals surface area contributed by atoms with Crippen LogP contribution in [-0.2, 0) is 0 Å². The highest BCUT2D eigenvalue weighted by molar-refractivity contribution is 8.76. The average molecular weight is 332 g/mol. The number of anilines is 2. The third kappa shape index (κ3) is 3.84. The van der Waals surface area contributed by atoms with Crippen LogP contribution >= 0.6 is 21.6 Å². The molecule has 0 spiro atoms. The van der Waals surface area contributed by atoms with Gasteiger partial charge in [0.25, 0.3) is 0 Å². The number of nitrogens with two attached hydrogens (primary N) is 2. The molecule has 114 valence electrons. The molecule has 6 heteroatoms. The quantitative estimate of drug-likeness (QED) is 0.488. The number of carbonyl (C=O) groups is 2. The van der Waals surface area contributed by atoms with E-state index < -0.39 is 0 Å². The van der Waals surface area contributed by atoms with Crippen molar-refractivity contribution in [3.63, 3.8) is 0 Å². The van der Waals surface area contributed by atoms with Crippen LogP contribution in [0.3, 0.4) is 0 Å². The van der Waals surface area contributed by atoms with Crippen molar-refractivity contribution < 1.29 is 9.59 Å². The molecule has 0 amide bonds. The minimum atomic E-state index is -0.0139. The molecule has 22 heavy (non-hydrogen) atoms. The van der Waals surface area contributed by atoms with Crippen LogP contribution in [0, 0.1) is 0 Å². The fourth-order valence-corrected chi connectivity index (χ4v) is 3.96. The first-order chi connectivity index (χ1) is 10.4. The lowest BCUT2D eigenvalue weighted by molar-refractivity contribution is 0.100. The van der Waals surface area contributed by atoms with E-state index in [1.165, 1.54) is 35.4 Å². The second kappa shape index (κ2) is 6.89. The van der Waals surface area contributed by atoms with E-state index in [1.54, 1.807) is 24.3 Å². The summed E-state index contributed by atoms with van der Waals surface area (Å²) >= 11 is 0. The van der Waals surface area contributed by atoms with E-state index in [0.717, 1.165) is 9.79 Å². The fraction of sp³-hybridized carbons (Fsp3) is 0.125. The number of carbonyl (C=O) groups excluding carboxylic acids is 2. The van der Waals surface area contributed by atoms with Crippen molar-refractivity contribution in [3.8, 4) is 0 Å². The van der Waals surface area contributed by atoms with Gasteiger partial charge in [-0.15, -0.1) is 0 Å². The van der Waals surface area contributed by atoms with E-state index in [-0.39, 0.29) is 11.6 Å². The number of hydrogen-bond acceptors (Lipinski definition) is 6. The van der Waals surface area contributed by atoms with Gasteiger partial charge in [0.2, 0.25) is 0 Å². The van der Waals surface area contributed by atoms with Gasteiger partial charge in [-0.3, -0.25) is 9.59 Å². The standard InChI is InChI=1S/C16H16N2O2S2/c1-9(19)11-3-5-15(13(17)7-11)21-22-16-6-4-12(10(2)20)8-14(16)18/h3-8H,17-18H2,1-2H3. The van der Waals surface area contributed by atoms with Gasteiger partial charge < -0.3 is 11.5 Å². The van der Waals surface area contributed by atoms with Crippen molar-refractivity contribution in [2.75, 3.05) is 11.5 Å². The van der Waals surface area contributed by atoms with Crippen molar-refractivity contribution in [2.24, 2.45) is 0 Å². The van der Waals surface area contributed by atoms with E-state index in [2.05, 4.69) is 0 Å². The summed E-state index contributed by atoms with van der Waals surface area (Å²) in [6.45, 7) is 3.02. The van der Waals surface area contributed by atoms with Crippen molar-refractivity contribution in [3.05, 3.63) is 47.5 Å². The first-order valence-corrected chi connectivity index (χ1v) is 8.69. The van der Waals surface area contributed by atoms with Gasteiger partial charge in [-0.2, -0.15) is 0 Å². The molecule has 0 radical (unpaired) electrons. The number of rotatable bonds is 5. The van der Waals surface area contributed by atoms with Gasteiger partial charge in [0, 0.05) is 32.3 Å². The largest absolute Gasteiger partial charge is 0.398 e. The van der Waals surface area contributed by atoms with E-state index in [1.807, 2.05) is 12.1 Å². The Morgan fingerprint density at radius 2 is 1.14 bits per heavy atom. The van der Waals surface area contributed by atoms with E-state index in [0.29, 0.717) is 22.5 Å². The highest BCUT2D eigenvalue weighted by Crippen LogP contribution is 2.42. The molecule has 4 N–H and O–H groups in total. The van der Waals surface area contributed by atoms with Gasteiger partial charge in [0.15, 0.2) is 11.6 Å². The smallest absolute Gasteiger partial charge is 0.159 e. The van der Waals surface area contributed by atoms with Gasteiger partial charge >= 0.3 is 0 Å². The van der Waals surface area contributed by atoms with Gasteiger partial charge in [-0.1, -0.05) is 33.7 Å². The molecule has 0 saturated carbocycles. The molecule has 2 aromatic rings. The maximum absolute atomic E-state index is 11.3. The Morgan fingerprint density at radius 1 is 0.773 bits per heavy atom. The molecule has 0 aromatic heterocycles. The second-order valence-electron chi connectivity index (χ2n) is 4.78. The summed E-state index contributed by atoms with van der Waals surface area (Å²) in [7, 11) is 2.93. The molecular weight excluding hydrogens is 316 g/mol. The first kappa shape index (κ1) is 16.5. The van der Waals surface area contributed by atoms with Crippen LogP contribution in [-0.4, -0.2) is 11.6 Å². The van der Waals surface area contributed by atoms with Crippen LogP contribution in [0.1, 0.15) is 34.6 Å². The minimum Gasteiger partial charge on any atom is -0.398 e. The van der Waals surface area contributed by atoms with E-state index in [9.17, 15) is 9.59 Å². The lowest BCUT2D eigenvalue weighted by atomic mass is 10.1. The van der Waals surface area contributed by atoms with Gasteiger partial charge in [0.05, 0.1) is 0 Å². The van der Waals surface area contributed by atoms with E-state index >= 15 is 0 Å². The van der Waals surface area contributed by atoms with Crippen molar-refractivity contribution in [1.29, 1.82) is 0 Å². The molecule has 0 aliphatic rings. The highest BCUT2D eigenvalue weighted by Gasteiger charge is 2.09. The average Bonchev–Trinajstić information content (AvgIpc) is 2.46. The molecule has 0 unspecified atom stereocenters. The molecular formula is C16H16N2O2S2. The lowest BCUT2D eigenvalue weighted by Gasteiger charge is -2.08. The maximum Gasteiger partial charge on any atom is 0.159 e. The zero-order valence-electron chi connectivity index (χ0n) is 12.3. The number of nitrogen functional groups attached to an aromatic ring is 2. The Balaban J connectivity index is 2.13. The predicted octanol–water partition coefficient (Wildman–Crippen LogP) is 4.06. The molecule has 4 nitrogen and oxygen atoms in total. The Labute approximate surface area is 137 Å². The molecule has 0 atom stereocenters. The zero-order valence-corrected chi connectivity index (χ0v) is 13.9. The topological polar surface area (TPSA) is 86.2 Å².